The van der Waals surface area contributed by atoms with Crippen molar-refractivity contribution in [2.45, 2.75) is 0 Å². The fourth-order valence-corrected chi connectivity index (χ4v) is 3.48. The molecule has 28 heavy (non-hydrogen) atoms. The van der Waals surface area contributed by atoms with E-state index in [1.54, 1.807) is 0 Å². The molecular formula is C24H22N4. The van der Waals surface area contributed by atoms with Gasteiger partial charge in [0.15, 0.2) is 0 Å². The molecule has 0 fully saturated rings. The zero-order valence-electron chi connectivity index (χ0n) is 15.4. The number of hydrogen-bond donors (Lipinski definition) is 4. The van der Waals surface area contributed by atoms with Crippen molar-refractivity contribution in [2.24, 2.45) is 0 Å². The molecule has 4 nitrogen and oxygen atoms in total. The second-order valence-electron chi connectivity index (χ2n) is 6.82. The molecule has 0 saturated carbocycles. The van der Waals surface area contributed by atoms with Crippen LogP contribution >= 0.6 is 0 Å². The second kappa shape index (κ2) is 7.00. The van der Waals surface area contributed by atoms with Gasteiger partial charge in [-0.05, 0) is 70.3 Å². The Morgan fingerprint density at radius 2 is 1.00 bits per heavy atom. The molecule has 138 valence electrons. The molecule has 0 aliphatic carbocycles. The third-order valence-corrected chi connectivity index (χ3v) is 4.83. The minimum atomic E-state index is 0.698. The van der Waals surface area contributed by atoms with Gasteiger partial charge in [-0.15, -0.1) is 0 Å². The van der Waals surface area contributed by atoms with Gasteiger partial charge in [-0.3, -0.25) is 0 Å². The standard InChI is InChI=1S/C24H22N4/c25-18-8-4-15(5-9-18)23-21(17-2-1-3-20(27)14-17)12-13-22(28)24(23)16-6-10-19(26)11-7-16/h1-14H,25-28H2. The molecule has 4 rings (SSSR count). The quantitative estimate of drug-likeness (QED) is 0.382. The van der Waals surface area contributed by atoms with E-state index in [-0.39, 0.29) is 0 Å². The number of benzene rings is 4. The normalized spacial score (nSPS) is 10.7. The third kappa shape index (κ3) is 3.23. The molecule has 0 aliphatic rings. The summed E-state index contributed by atoms with van der Waals surface area (Å²) in [5.41, 5.74) is 33.3. The highest BCUT2D eigenvalue weighted by Crippen LogP contribution is 2.43. The summed E-state index contributed by atoms with van der Waals surface area (Å²) in [7, 11) is 0. The van der Waals surface area contributed by atoms with Crippen LogP contribution < -0.4 is 22.9 Å². The summed E-state index contributed by atoms with van der Waals surface area (Å²) in [5.74, 6) is 0. The summed E-state index contributed by atoms with van der Waals surface area (Å²) in [4.78, 5) is 0. The van der Waals surface area contributed by atoms with Crippen LogP contribution in [0.2, 0.25) is 0 Å². The van der Waals surface area contributed by atoms with Crippen LogP contribution in [0.4, 0.5) is 22.7 Å². The molecule has 4 aromatic carbocycles. The highest BCUT2D eigenvalue weighted by Gasteiger charge is 2.17. The minimum Gasteiger partial charge on any atom is -0.399 e. The van der Waals surface area contributed by atoms with Crippen LogP contribution in [0.1, 0.15) is 0 Å². The molecule has 0 aliphatic heterocycles. The predicted octanol–water partition coefficient (Wildman–Crippen LogP) is 5.02. The zero-order chi connectivity index (χ0) is 19.7. The lowest BCUT2D eigenvalue weighted by atomic mass is 9.86. The van der Waals surface area contributed by atoms with Crippen molar-refractivity contribution in [3.05, 3.63) is 84.9 Å². The molecule has 4 aromatic rings. The van der Waals surface area contributed by atoms with Gasteiger partial charge in [-0.25, -0.2) is 0 Å². The van der Waals surface area contributed by atoms with Gasteiger partial charge < -0.3 is 22.9 Å². The number of nitrogen functional groups attached to an aromatic ring is 4. The monoisotopic (exact) mass is 366 g/mol. The lowest BCUT2D eigenvalue weighted by molar-refractivity contribution is 1.55. The van der Waals surface area contributed by atoms with Crippen LogP contribution in [0.15, 0.2) is 84.9 Å². The van der Waals surface area contributed by atoms with E-state index in [2.05, 4.69) is 6.07 Å². The molecule has 0 unspecified atom stereocenters. The number of anilines is 4. The topological polar surface area (TPSA) is 104 Å². The maximum Gasteiger partial charge on any atom is 0.0400 e. The van der Waals surface area contributed by atoms with Crippen LogP contribution in [0, 0.1) is 0 Å². The summed E-state index contributed by atoms with van der Waals surface area (Å²) >= 11 is 0. The molecule has 8 N–H and O–H groups in total. The van der Waals surface area contributed by atoms with Crippen molar-refractivity contribution in [3.63, 3.8) is 0 Å². The van der Waals surface area contributed by atoms with Gasteiger partial charge in [-0.1, -0.05) is 42.5 Å². The van der Waals surface area contributed by atoms with Crippen LogP contribution in [0.25, 0.3) is 33.4 Å². The lowest BCUT2D eigenvalue weighted by Crippen LogP contribution is -1.97. The van der Waals surface area contributed by atoms with E-state index in [9.17, 15) is 0 Å². The largest absolute Gasteiger partial charge is 0.399 e. The Kier molecular flexibility index (Phi) is 4.38. The van der Waals surface area contributed by atoms with E-state index in [0.29, 0.717) is 22.7 Å². The molecule has 0 saturated heterocycles. The van der Waals surface area contributed by atoms with E-state index >= 15 is 0 Å². The van der Waals surface area contributed by atoms with Gasteiger partial charge in [0, 0.05) is 28.3 Å². The SMILES string of the molecule is Nc1ccc(-c2c(N)ccc(-c3cccc(N)c3)c2-c2ccc(N)cc2)cc1. The van der Waals surface area contributed by atoms with E-state index in [4.69, 9.17) is 22.9 Å². The van der Waals surface area contributed by atoms with Gasteiger partial charge in [0.1, 0.15) is 0 Å². The van der Waals surface area contributed by atoms with Gasteiger partial charge in [0.05, 0.1) is 0 Å². The Balaban J connectivity index is 2.06. The summed E-state index contributed by atoms with van der Waals surface area (Å²) in [6, 6.07) is 27.4. The third-order valence-electron chi connectivity index (χ3n) is 4.83. The summed E-state index contributed by atoms with van der Waals surface area (Å²) in [5, 5.41) is 0. The molecule has 0 spiro atoms. The van der Waals surface area contributed by atoms with Crippen molar-refractivity contribution in [2.75, 3.05) is 22.9 Å². The van der Waals surface area contributed by atoms with Crippen LogP contribution in [0.5, 0.6) is 0 Å². The van der Waals surface area contributed by atoms with Gasteiger partial charge in [0.2, 0.25) is 0 Å². The maximum atomic E-state index is 6.45. The Morgan fingerprint density at radius 1 is 0.429 bits per heavy atom. The molecule has 0 heterocycles. The Hall–Kier alpha value is -3.92. The van der Waals surface area contributed by atoms with Crippen molar-refractivity contribution < 1.29 is 0 Å². The predicted molar refractivity (Wildman–Crippen MR) is 120 cm³/mol. The molecule has 0 radical (unpaired) electrons. The average molecular weight is 366 g/mol. The van der Waals surface area contributed by atoms with E-state index in [1.807, 2.05) is 78.9 Å². The molecule has 0 atom stereocenters. The number of rotatable bonds is 3. The van der Waals surface area contributed by atoms with Crippen molar-refractivity contribution in [1.82, 2.24) is 0 Å². The summed E-state index contributed by atoms with van der Waals surface area (Å²) < 4.78 is 0. The molecular weight excluding hydrogens is 344 g/mol. The van der Waals surface area contributed by atoms with Gasteiger partial charge in [-0.2, -0.15) is 0 Å². The van der Waals surface area contributed by atoms with Crippen molar-refractivity contribution in [1.29, 1.82) is 0 Å². The van der Waals surface area contributed by atoms with Crippen molar-refractivity contribution >= 4 is 22.7 Å². The van der Waals surface area contributed by atoms with Gasteiger partial charge in [0.25, 0.3) is 0 Å². The fourth-order valence-electron chi connectivity index (χ4n) is 3.48. The zero-order valence-corrected chi connectivity index (χ0v) is 15.4. The molecule has 4 heteroatoms. The van der Waals surface area contributed by atoms with E-state index in [1.165, 1.54) is 0 Å². The van der Waals surface area contributed by atoms with Crippen LogP contribution in [-0.4, -0.2) is 0 Å². The highest BCUT2D eigenvalue weighted by atomic mass is 14.6. The fraction of sp³-hybridized carbons (Fsp3) is 0. The Labute approximate surface area is 164 Å². The van der Waals surface area contributed by atoms with Crippen LogP contribution in [0.3, 0.4) is 0 Å². The molecule has 0 aromatic heterocycles. The average Bonchev–Trinajstić information content (AvgIpc) is 2.69. The smallest absolute Gasteiger partial charge is 0.0400 e. The first-order valence-corrected chi connectivity index (χ1v) is 9.03. The first-order chi connectivity index (χ1) is 13.5. The second-order valence-corrected chi connectivity index (χ2v) is 6.82. The molecule has 0 bridgehead atoms. The highest BCUT2D eigenvalue weighted by molar-refractivity contribution is 6.00. The lowest BCUT2D eigenvalue weighted by Gasteiger charge is -2.19. The first kappa shape index (κ1) is 17.5. The summed E-state index contributed by atoms with van der Waals surface area (Å²) in [6.45, 7) is 0. The molecule has 0 amide bonds. The van der Waals surface area contributed by atoms with Gasteiger partial charge >= 0.3 is 0 Å². The Bertz CT molecular complexity index is 1130. The maximum absolute atomic E-state index is 6.45. The van der Waals surface area contributed by atoms with E-state index < -0.39 is 0 Å². The Morgan fingerprint density at radius 3 is 1.57 bits per heavy atom. The number of nitrogens with two attached hydrogens (primary N) is 4. The van der Waals surface area contributed by atoms with Crippen LogP contribution in [-0.2, 0) is 0 Å². The van der Waals surface area contributed by atoms with Crippen molar-refractivity contribution in [3.8, 4) is 33.4 Å². The first-order valence-electron chi connectivity index (χ1n) is 9.03. The van der Waals surface area contributed by atoms with E-state index in [0.717, 1.165) is 33.4 Å². The number of hydrogen-bond acceptors (Lipinski definition) is 4. The minimum absolute atomic E-state index is 0.698. The summed E-state index contributed by atoms with van der Waals surface area (Å²) in [6.07, 6.45) is 0.